The third kappa shape index (κ3) is 12.5. The molecule has 0 bridgehead atoms. The SMILES string of the molecule is CC(=O)OC/C=C(\C)CC/C=C(\C)C(=O)C/C=C(\C)CC/C=C(\C)CCC1OC1(C)C. The first-order valence-corrected chi connectivity index (χ1v) is 11.5. The first-order valence-electron chi connectivity index (χ1n) is 11.5. The maximum Gasteiger partial charge on any atom is 0.302 e. The summed E-state index contributed by atoms with van der Waals surface area (Å²) in [6.45, 7) is 14.2. The van der Waals surface area contributed by atoms with Crippen LogP contribution in [0.4, 0.5) is 0 Å². The number of allylic oxidation sites excluding steroid dienone is 7. The van der Waals surface area contributed by atoms with Gasteiger partial charge in [0.15, 0.2) is 5.78 Å². The van der Waals surface area contributed by atoms with Crippen molar-refractivity contribution in [3.8, 4) is 0 Å². The molecule has 0 amide bonds. The molecule has 1 fully saturated rings. The van der Waals surface area contributed by atoms with Gasteiger partial charge in [0.25, 0.3) is 0 Å². The third-order valence-corrected chi connectivity index (χ3v) is 5.78. The smallest absolute Gasteiger partial charge is 0.302 e. The molecule has 1 saturated heterocycles. The second-order valence-corrected chi connectivity index (χ2v) is 9.29. The fourth-order valence-electron chi connectivity index (χ4n) is 3.31. The zero-order valence-corrected chi connectivity index (χ0v) is 20.7. The number of ether oxygens (including phenoxy) is 2. The van der Waals surface area contributed by atoms with Gasteiger partial charge < -0.3 is 9.47 Å². The predicted molar refractivity (Wildman–Crippen MR) is 128 cm³/mol. The zero-order chi connectivity index (χ0) is 23.4. The first-order chi connectivity index (χ1) is 14.5. The molecule has 0 N–H and O–H groups in total. The van der Waals surface area contributed by atoms with Gasteiger partial charge in [-0.25, -0.2) is 0 Å². The number of carbonyl (C=O) groups is 2. The van der Waals surface area contributed by atoms with E-state index in [-0.39, 0.29) is 17.4 Å². The summed E-state index contributed by atoms with van der Waals surface area (Å²) in [6.07, 6.45) is 15.1. The lowest BCUT2D eigenvalue weighted by molar-refractivity contribution is -0.139. The molecule has 1 aliphatic rings. The number of Topliss-reactive ketones (excluding diaryl/α,β-unsaturated/α-hetero) is 1. The van der Waals surface area contributed by atoms with Crippen molar-refractivity contribution in [2.45, 2.75) is 105 Å². The Morgan fingerprint density at radius 2 is 1.39 bits per heavy atom. The van der Waals surface area contributed by atoms with Gasteiger partial charge in [0, 0.05) is 13.3 Å². The quantitative estimate of drug-likeness (QED) is 0.131. The van der Waals surface area contributed by atoms with Crippen LogP contribution in [0.15, 0.2) is 46.6 Å². The van der Waals surface area contributed by atoms with Gasteiger partial charge in [-0.2, -0.15) is 0 Å². The van der Waals surface area contributed by atoms with Gasteiger partial charge >= 0.3 is 5.97 Å². The summed E-state index contributed by atoms with van der Waals surface area (Å²) in [5.74, 6) is -0.0904. The third-order valence-electron chi connectivity index (χ3n) is 5.78. The van der Waals surface area contributed by atoms with Gasteiger partial charge in [-0.1, -0.05) is 34.9 Å². The summed E-state index contributed by atoms with van der Waals surface area (Å²) >= 11 is 0. The molecular weight excluding hydrogens is 388 g/mol. The highest BCUT2D eigenvalue weighted by Gasteiger charge is 2.46. The van der Waals surface area contributed by atoms with Crippen LogP contribution in [0, 0.1) is 0 Å². The lowest BCUT2D eigenvalue weighted by atomic mass is 10.0. The van der Waals surface area contributed by atoms with Crippen molar-refractivity contribution >= 4 is 11.8 Å². The Kier molecular flexibility index (Phi) is 11.8. The molecule has 0 aromatic rings. The fourth-order valence-corrected chi connectivity index (χ4v) is 3.31. The van der Waals surface area contributed by atoms with Crippen LogP contribution >= 0.6 is 0 Å². The second kappa shape index (κ2) is 13.5. The van der Waals surface area contributed by atoms with E-state index in [9.17, 15) is 9.59 Å². The number of rotatable bonds is 14. The minimum Gasteiger partial charge on any atom is -0.462 e. The van der Waals surface area contributed by atoms with E-state index in [1.807, 2.05) is 26.0 Å². The minimum atomic E-state index is -0.271. The van der Waals surface area contributed by atoms with Crippen molar-refractivity contribution in [3.05, 3.63) is 46.6 Å². The number of hydrogen-bond donors (Lipinski definition) is 0. The van der Waals surface area contributed by atoms with Crippen LogP contribution in [0.25, 0.3) is 0 Å². The Bertz CT molecular complexity index is 734. The average molecular weight is 431 g/mol. The monoisotopic (exact) mass is 430 g/mol. The summed E-state index contributed by atoms with van der Waals surface area (Å²) in [5, 5.41) is 0. The molecule has 0 aromatic heterocycles. The average Bonchev–Trinajstić information content (AvgIpc) is 3.30. The van der Waals surface area contributed by atoms with Gasteiger partial charge in [-0.3, -0.25) is 9.59 Å². The second-order valence-electron chi connectivity index (χ2n) is 9.29. The summed E-state index contributed by atoms with van der Waals surface area (Å²) < 4.78 is 10.5. The standard InChI is InChI=1S/C27H42O4/c1-20(10-8-11-21(2)15-17-26-27(6,7)31-26)14-16-25(29)23(4)13-9-12-22(3)18-19-30-24(5)28/h11,13-14,18,26H,8-10,12,15-17,19H2,1-7H3/b20-14+,21-11+,22-18+,23-13+. The normalized spacial score (nSPS) is 19.4. The van der Waals surface area contributed by atoms with Crippen LogP contribution in [-0.4, -0.2) is 30.1 Å². The number of epoxide rings is 1. The van der Waals surface area contributed by atoms with E-state index in [1.54, 1.807) is 0 Å². The highest BCUT2D eigenvalue weighted by molar-refractivity contribution is 5.95. The molecule has 31 heavy (non-hydrogen) atoms. The fraction of sp³-hybridized carbons (Fsp3) is 0.630. The Morgan fingerprint density at radius 1 is 0.839 bits per heavy atom. The van der Waals surface area contributed by atoms with Crippen molar-refractivity contribution in [2.75, 3.05) is 6.61 Å². The van der Waals surface area contributed by atoms with Crippen LogP contribution in [0.3, 0.4) is 0 Å². The van der Waals surface area contributed by atoms with Crippen LogP contribution < -0.4 is 0 Å². The van der Waals surface area contributed by atoms with Crippen molar-refractivity contribution in [1.29, 1.82) is 0 Å². The lowest BCUT2D eigenvalue weighted by Crippen LogP contribution is -2.02. The molecule has 0 aliphatic carbocycles. The molecule has 0 saturated carbocycles. The van der Waals surface area contributed by atoms with E-state index in [1.165, 1.54) is 18.1 Å². The highest BCUT2D eigenvalue weighted by atomic mass is 16.6. The molecule has 4 nitrogen and oxygen atoms in total. The minimum absolute atomic E-state index is 0.0828. The van der Waals surface area contributed by atoms with Gasteiger partial charge in [0.05, 0.1) is 11.7 Å². The molecule has 1 heterocycles. The summed E-state index contributed by atoms with van der Waals surface area (Å²) in [5.41, 5.74) is 4.75. The van der Waals surface area contributed by atoms with Crippen LogP contribution in [-0.2, 0) is 19.1 Å². The Balaban J connectivity index is 2.27. The number of esters is 1. The van der Waals surface area contributed by atoms with Crippen LogP contribution in [0.1, 0.15) is 93.4 Å². The van der Waals surface area contributed by atoms with Gasteiger partial charge in [-0.15, -0.1) is 0 Å². The topological polar surface area (TPSA) is 55.9 Å². The van der Waals surface area contributed by atoms with E-state index in [4.69, 9.17) is 9.47 Å². The number of carbonyl (C=O) groups excluding carboxylic acids is 2. The van der Waals surface area contributed by atoms with Crippen molar-refractivity contribution in [3.63, 3.8) is 0 Å². The van der Waals surface area contributed by atoms with Crippen LogP contribution in [0.5, 0.6) is 0 Å². The molecule has 174 valence electrons. The van der Waals surface area contributed by atoms with E-state index in [0.717, 1.165) is 49.7 Å². The Morgan fingerprint density at radius 3 is 1.97 bits per heavy atom. The highest BCUT2D eigenvalue weighted by Crippen LogP contribution is 2.38. The number of ketones is 1. The van der Waals surface area contributed by atoms with Crippen molar-refractivity contribution in [2.24, 2.45) is 0 Å². The van der Waals surface area contributed by atoms with Gasteiger partial charge in [-0.05, 0) is 91.7 Å². The molecule has 0 radical (unpaired) electrons. The van der Waals surface area contributed by atoms with E-state index in [0.29, 0.717) is 19.1 Å². The molecule has 0 aromatic carbocycles. The molecule has 1 unspecified atom stereocenters. The van der Waals surface area contributed by atoms with Crippen molar-refractivity contribution < 1.29 is 19.1 Å². The predicted octanol–water partition coefficient (Wildman–Crippen LogP) is 6.81. The molecule has 0 spiro atoms. The summed E-state index contributed by atoms with van der Waals surface area (Å²) in [6, 6.07) is 0. The van der Waals surface area contributed by atoms with Crippen molar-refractivity contribution in [1.82, 2.24) is 0 Å². The molecule has 1 rings (SSSR count). The van der Waals surface area contributed by atoms with E-state index < -0.39 is 0 Å². The Hall–Kier alpha value is -1.94. The molecule has 1 atom stereocenters. The van der Waals surface area contributed by atoms with E-state index >= 15 is 0 Å². The number of hydrogen-bond acceptors (Lipinski definition) is 4. The zero-order valence-electron chi connectivity index (χ0n) is 20.7. The van der Waals surface area contributed by atoms with Gasteiger partial charge in [0.2, 0.25) is 0 Å². The Labute approximate surface area is 189 Å². The van der Waals surface area contributed by atoms with Crippen LogP contribution in [0.2, 0.25) is 0 Å². The maximum absolute atomic E-state index is 12.4. The van der Waals surface area contributed by atoms with Gasteiger partial charge in [0.1, 0.15) is 6.61 Å². The summed E-state index contributed by atoms with van der Waals surface area (Å²) in [7, 11) is 0. The largest absolute Gasteiger partial charge is 0.462 e. The lowest BCUT2D eigenvalue weighted by Gasteiger charge is -2.03. The molecule has 4 heteroatoms. The molecular formula is C27H42O4. The molecule has 1 aliphatic heterocycles. The van der Waals surface area contributed by atoms with E-state index in [2.05, 4.69) is 39.8 Å². The maximum atomic E-state index is 12.4. The summed E-state index contributed by atoms with van der Waals surface area (Å²) in [4.78, 5) is 23.1. The first kappa shape index (κ1) is 27.1.